The van der Waals surface area contributed by atoms with Crippen LogP contribution in [0.2, 0.25) is 0 Å². The largest absolute Gasteiger partial charge is 0.456 e. The fourth-order valence-corrected chi connectivity index (χ4v) is 5.79. The first-order valence-electron chi connectivity index (χ1n) is 14.8. The summed E-state index contributed by atoms with van der Waals surface area (Å²) < 4.78 is 97.9. The van der Waals surface area contributed by atoms with Gasteiger partial charge in [-0.05, 0) is 92.5 Å². The zero-order valence-electron chi connectivity index (χ0n) is 23.8. The summed E-state index contributed by atoms with van der Waals surface area (Å²) in [5, 5.41) is 0. The van der Waals surface area contributed by atoms with Crippen LogP contribution in [-0.4, -0.2) is 12.7 Å². The normalized spacial score (nSPS) is 23.1. The van der Waals surface area contributed by atoms with Crippen molar-refractivity contribution in [1.82, 2.24) is 0 Å². The summed E-state index contributed by atoms with van der Waals surface area (Å²) in [7, 11) is 0. The van der Waals surface area contributed by atoms with Crippen molar-refractivity contribution >= 4 is 0 Å². The first kappa shape index (κ1) is 32.0. The van der Waals surface area contributed by atoms with Crippen molar-refractivity contribution < 1.29 is 40.6 Å². The maximum Gasteiger partial charge on any atom is 0.429 e. The highest BCUT2D eigenvalue weighted by Gasteiger charge is 2.38. The topological polar surface area (TPSA) is 27.7 Å². The lowest BCUT2D eigenvalue weighted by molar-refractivity contribution is -0.187. The van der Waals surface area contributed by atoms with E-state index in [9.17, 15) is 26.3 Å². The third-order valence-electron chi connectivity index (χ3n) is 8.19. The van der Waals surface area contributed by atoms with Crippen molar-refractivity contribution in [2.75, 3.05) is 6.61 Å². The van der Waals surface area contributed by atoms with Crippen LogP contribution < -0.4 is 9.47 Å². The Morgan fingerprint density at radius 1 is 0.929 bits per heavy atom. The minimum absolute atomic E-state index is 0.0177. The molecule has 2 fully saturated rings. The van der Waals surface area contributed by atoms with Crippen LogP contribution in [0.3, 0.4) is 0 Å². The number of hydrogen-bond acceptors (Lipinski definition) is 3. The summed E-state index contributed by atoms with van der Waals surface area (Å²) >= 11 is 0. The number of ether oxygens (including phenoxy) is 3. The van der Waals surface area contributed by atoms with E-state index in [1.165, 1.54) is 38.2 Å². The zero-order valence-corrected chi connectivity index (χ0v) is 23.8. The summed E-state index contributed by atoms with van der Waals surface area (Å²) in [6.45, 7) is 3.05. The third kappa shape index (κ3) is 9.03. The number of allylic oxidation sites excluding steroid dienone is 1. The average Bonchev–Trinajstić information content (AvgIpc) is 2.96. The van der Waals surface area contributed by atoms with Crippen LogP contribution in [0.1, 0.15) is 88.2 Å². The molecule has 1 aliphatic carbocycles. The van der Waals surface area contributed by atoms with Gasteiger partial charge in [0.15, 0.2) is 17.8 Å². The molecule has 3 nitrogen and oxygen atoms in total. The zero-order chi connectivity index (χ0) is 30.1. The molecule has 42 heavy (non-hydrogen) atoms. The molecule has 2 unspecified atom stereocenters. The summed E-state index contributed by atoms with van der Waals surface area (Å²) in [6.07, 6.45) is 9.12. The quantitative estimate of drug-likeness (QED) is 0.106. The van der Waals surface area contributed by atoms with Gasteiger partial charge in [0.1, 0.15) is 11.6 Å². The van der Waals surface area contributed by atoms with Gasteiger partial charge in [-0.3, -0.25) is 0 Å². The van der Waals surface area contributed by atoms with Crippen molar-refractivity contribution in [3.05, 3.63) is 83.7 Å². The van der Waals surface area contributed by atoms with E-state index in [4.69, 9.17) is 4.74 Å². The van der Waals surface area contributed by atoms with Crippen molar-refractivity contribution in [2.45, 2.75) is 89.3 Å². The lowest BCUT2D eigenvalue weighted by Crippen LogP contribution is -2.24. The number of benzene rings is 2. The van der Waals surface area contributed by atoms with Gasteiger partial charge in [-0.2, -0.15) is 17.6 Å². The molecular formula is C33H38F6O3. The first-order valence-corrected chi connectivity index (χ1v) is 14.8. The highest BCUT2D eigenvalue weighted by molar-refractivity contribution is 5.35. The maximum absolute atomic E-state index is 14.9. The highest BCUT2D eigenvalue weighted by Crippen LogP contribution is 2.40. The molecule has 1 heterocycles. The molecule has 1 saturated carbocycles. The van der Waals surface area contributed by atoms with Crippen LogP contribution in [0.4, 0.5) is 26.3 Å². The molecule has 4 rings (SSSR count). The molecule has 0 amide bonds. The van der Waals surface area contributed by atoms with Crippen LogP contribution in [0.5, 0.6) is 11.5 Å². The Bertz CT molecular complexity index is 1210. The standard InChI is InChI=1S/C33H38F6O3/c1-2-3-4-5-23-9-14-26(40-20-23)13-8-22-6-10-24(11-7-22)25-12-16-28(29(34)18-25)33(38,39)42-27-15-17-31(30(35)19-27)41-21-32(36)37/h8,12-13,15-19,21-24,26H,2-7,9-11,14,20H2,1H3/b13-8+. The van der Waals surface area contributed by atoms with Gasteiger partial charge < -0.3 is 14.2 Å². The monoisotopic (exact) mass is 596 g/mol. The van der Waals surface area contributed by atoms with Crippen LogP contribution in [0.15, 0.2) is 60.9 Å². The van der Waals surface area contributed by atoms with Gasteiger partial charge in [0, 0.05) is 6.07 Å². The second kappa shape index (κ2) is 15.0. The van der Waals surface area contributed by atoms with E-state index in [-0.39, 0.29) is 18.3 Å². The molecule has 9 heteroatoms. The number of unbranched alkanes of at least 4 members (excludes halogenated alkanes) is 2. The van der Waals surface area contributed by atoms with Gasteiger partial charge in [-0.1, -0.05) is 44.4 Å². The molecule has 0 radical (unpaired) electrons. The predicted octanol–water partition coefficient (Wildman–Crippen LogP) is 10.4. The third-order valence-corrected chi connectivity index (χ3v) is 8.19. The van der Waals surface area contributed by atoms with Gasteiger partial charge in [-0.15, -0.1) is 0 Å². The molecule has 2 atom stereocenters. The summed E-state index contributed by atoms with van der Waals surface area (Å²) in [6, 6.07) is 5.93. The Balaban J connectivity index is 1.27. The van der Waals surface area contributed by atoms with Crippen molar-refractivity contribution in [3.63, 3.8) is 0 Å². The molecule has 0 bridgehead atoms. The van der Waals surface area contributed by atoms with E-state index >= 15 is 0 Å². The molecule has 2 aliphatic rings. The van der Waals surface area contributed by atoms with Gasteiger partial charge in [-0.25, -0.2) is 8.78 Å². The minimum Gasteiger partial charge on any atom is -0.456 e. The molecule has 2 aromatic carbocycles. The number of hydrogen-bond donors (Lipinski definition) is 0. The van der Waals surface area contributed by atoms with E-state index in [0.29, 0.717) is 23.5 Å². The fraction of sp³-hybridized carbons (Fsp3) is 0.515. The minimum atomic E-state index is -4.10. The second-order valence-electron chi connectivity index (χ2n) is 11.3. The Kier molecular flexibility index (Phi) is 11.4. The lowest BCUT2D eigenvalue weighted by atomic mass is 9.78. The van der Waals surface area contributed by atoms with E-state index in [1.807, 2.05) is 0 Å². The molecule has 0 N–H and O–H groups in total. The highest BCUT2D eigenvalue weighted by atomic mass is 19.3. The maximum atomic E-state index is 14.9. The van der Waals surface area contributed by atoms with Crippen molar-refractivity contribution in [2.24, 2.45) is 11.8 Å². The predicted molar refractivity (Wildman–Crippen MR) is 149 cm³/mol. The Labute approximate surface area is 243 Å². The smallest absolute Gasteiger partial charge is 0.429 e. The SMILES string of the molecule is CCCCCC1CCC(/C=C/C2CCC(c3ccc(C(F)(F)Oc4ccc(OC=C(F)F)c(F)c4)c(F)c3)CC2)OC1. The van der Waals surface area contributed by atoms with Gasteiger partial charge >= 0.3 is 12.2 Å². The first-order chi connectivity index (χ1) is 20.1. The average molecular weight is 597 g/mol. The van der Waals surface area contributed by atoms with Crippen LogP contribution >= 0.6 is 0 Å². The molecular weight excluding hydrogens is 558 g/mol. The lowest BCUT2D eigenvalue weighted by Gasteiger charge is -2.29. The Morgan fingerprint density at radius 3 is 2.36 bits per heavy atom. The molecule has 0 aromatic heterocycles. The summed E-state index contributed by atoms with van der Waals surface area (Å²) in [5.41, 5.74) is -0.328. The summed E-state index contributed by atoms with van der Waals surface area (Å²) in [4.78, 5) is 0. The van der Waals surface area contributed by atoms with E-state index < -0.39 is 40.9 Å². The number of alkyl halides is 2. The molecule has 1 saturated heterocycles. The van der Waals surface area contributed by atoms with E-state index in [0.717, 1.165) is 63.0 Å². The van der Waals surface area contributed by atoms with Crippen molar-refractivity contribution in [1.29, 1.82) is 0 Å². The molecule has 0 spiro atoms. The Morgan fingerprint density at radius 2 is 1.71 bits per heavy atom. The molecule has 1 aliphatic heterocycles. The number of halogens is 6. The Hall–Kier alpha value is -2.94. The van der Waals surface area contributed by atoms with Crippen LogP contribution in [0.25, 0.3) is 0 Å². The van der Waals surface area contributed by atoms with Crippen LogP contribution in [-0.2, 0) is 10.8 Å². The molecule has 2 aromatic rings. The summed E-state index contributed by atoms with van der Waals surface area (Å²) in [5.74, 6) is -2.39. The van der Waals surface area contributed by atoms with Crippen LogP contribution in [0, 0.1) is 23.5 Å². The van der Waals surface area contributed by atoms with E-state index in [2.05, 4.69) is 28.5 Å². The van der Waals surface area contributed by atoms with E-state index in [1.54, 1.807) is 0 Å². The van der Waals surface area contributed by atoms with Gasteiger partial charge in [0.2, 0.25) is 0 Å². The fourth-order valence-electron chi connectivity index (χ4n) is 5.79. The van der Waals surface area contributed by atoms with Gasteiger partial charge in [0.05, 0.1) is 18.3 Å². The second-order valence-corrected chi connectivity index (χ2v) is 11.3. The number of rotatable bonds is 12. The molecule has 230 valence electrons. The van der Waals surface area contributed by atoms with Gasteiger partial charge in [0.25, 0.3) is 0 Å². The van der Waals surface area contributed by atoms with Crippen molar-refractivity contribution in [3.8, 4) is 11.5 Å².